The van der Waals surface area contributed by atoms with E-state index in [0.717, 1.165) is 41.6 Å². The third-order valence-corrected chi connectivity index (χ3v) is 3.77. The SMILES string of the molecule is CCCc1nn(C)c2c(=O)n(CCCBr)c(C)nc12. The average molecular weight is 327 g/mol. The first-order chi connectivity index (χ1) is 9.10. The first-order valence-electron chi connectivity index (χ1n) is 6.59. The quantitative estimate of drug-likeness (QED) is 0.791. The number of alkyl halides is 1. The Balaban J connectivity index is 2.64. The Morgan fingerprint density at radius 2 is 2.11 bits per heavy atom. The lowest BCUT2D eigenvalue weighted by Gasteiger charge is -2.08. The van der Waals surface area contributed by atoms with Gasteiger partial charge in [0, 0.05) is 18.9 Å². The minimum Gasteiger partial charge on any atom is -0.295 e. The van der Waals surface area contributed by atoms with Crippen LogP contribution in [0.4, 0.5) is 0 Å². The smallest absolute Gasteiger partial charge is 0.279 e. The highest BCUT2D eigenvalue weighted by atomic mass is 79.9. The van der Waals surface area contributed by atoms with Gasteiger partial charge in [-0.15, -0.1) is 0 Å². The number of fused-ring (bicyclic) bond motifs is 1. The van der Waals surface area contributed by atoms with Gasteiger partial charge in [0.05, 0.1) is 5.69 Å². The number of rotatable bonds is 5. The van der Waals surface area contributed by atoms with Gasteiger partial charge < -0.3 is 0 Å². The lowest BCUT2D eigenvalue weighted by Crippen LogP contribution is -2.25. The van der Waals surface area contributed by atoms with Crippen LogP contribution in [0, 0.1) is 6.92 Å². The first-order valence-corrected chi connectivity index (χ1v) is 7.71. The van der Waals surface area contributed by atoms with E-state index in [0.29, 0.717) is 12.1 Å². The number of nitrogens with zero attached hydrogens (tertiary/aromatic N) is 4. The first kappa shape index (κ1) is 14.2. The molecule has 0 atom stereocenters. The van der Waals surface area contributed by atoms with Gasteiger partial charge in [-0.25, -0.2) is 4.98 Å². The minimum atomic E-state index is 0.0146. The molecule has 0 N–H and O–H groups in total. The molecule has 0 unspecified atom stereocenters. The zero-order valence-corrected chi connectivity index (χ0v) is 13.2. The highest BCUT2D eigenvalue weighted by Crippen LogP contribution is 2.14. The van der Waals surface area contributed by atoms with Crippen LogP contribution in [-0.2, 0) is 20.0 Å². The molecule has 0 aromatic carbocycles. The lowest BCUT2D eigenvalue weighted by molar-refractivity contribution is 0.626. The molecule has 5 nitrogen and oxygen atoms in total. The van der Waals surface area contributed by atoms with Gasteiger partial charge in [0.15, 0.2) is 5.52 Å². The summed E-state index contributed by atoms with van der Waals surface area (Å²) in [5.41, 5.74) is 2.32. The Kier molecular flexibility index (Phi) is 4.39. The maximum absolute atomic E-state index is 12.5. The van der Waals surface area contributed by atoms with E-state index in [4.69, 9.17) is 0 Å². The molecule has 0 amide bonds. The molecular formula is C13H19BrN4O. The molecule has 2 heterocycles. The largest absolute Gasteiger partial charge is 0.295 e. The van der Waals surface area contributed by atoms with E-state index in [1.54, 1.807) is 9.25 Å². The molecule has 2 aromatic rings. The molecule has 0 spiro atoms. The average Bonchev–Trinajstić information content (AvgIpc) is 2.66. The van der Waals surface area contributed by atoms with E-state index < -0.39 is 0 Å². The Labute approximate surface area is 120 Å². The van der Waals surface area contributed by atoms with Gasteiger partial charge >= 0.3 is 0 Å². The van der Waals surface area contributed by atoms with Crippen molar-refractivity contribution in [2.75, 3.05) is 5.33 Å². The summed E-state index contributed by atoms with van der Waals surface area (Å²) in [5.74, 6) is 0.767. The van der Waals surface area contributed by atoms with Crippen LogP contribution >= 0.6 is 15.9 Å². The second kappa shape index (κ2) is 5.86. The number of halogens is 1. The maximum Gasteiger partial charge on any atom is 0.279 e. The summed E-state index contributed by atoms with van der Waals surface area (Å²) >= 11 is 3.39. The molecule has 0 aliphatic carbocycles. The van der Waals surface area contributed by atoms with E-state index in [1.165, 1.54) is 0 Å². The van der Waals surface area contributed by atoms with E-state index in [1.807, 2.05) is 14.0 Å². The van der Waals surface area contributed by atoms with Crippen LogP contribution in [0.5, 0.6) is 0 Å². The summed E-state index contributed by atoms with van der Waals surface area (Å²) < 4.78 is 3.40. The van der Waals surface area contributed by atoms with Gasteiger partial charge in [-0.05, 0) is 19.8 Å². The summed E-state index contributed by atoms with van der Waals surface area (Å²) in [4.78, 5) is 17.1. The fourth-order valence-electron chi connectivity index (χ4n) is 2.31. The van der Waals surface area contributed by atoms with E-state index in [2.05, 4.69) is 32.9 Å². The summed E-state index contributed by atoms with van der Waals surface area (Å²) in [6.45, 7) is 4.68. The van der Waals surface area contributed by atoms with Crippen LogP contribution in [0.1, 0.15) is 31.3 Å². The lowest BCUT2D eigenvalue weighted by atomic mass is 10.2. The highest BCUT2D eigenvalue weighted by Gasteiger charge is 2.16. The summed E-state index contributed by atoms with van der Waals surface area (Å²) in [7, 11) is 1.81. The molecule has 0 saturated carbocycles. The number of hydrogen-bond acceptors (Lipinski definition) is 3. The molecule has 19 heavy (non-hydrogen) atoms. The molecule has 0 bridgehead atoms. The van der Waals surface area contributed by atoms with Crippen LogP contribution in [0.15, 0.2) is 4.79 Å². The third kappa shape index (κ3) is 2.59. The van der Waals surface area contributed by atoms with E-state index >= 15 is 0 Å². The fraction of sp³-hybridized carbons (Fsp3) is 0.615. The van der Waals surface area contributed by atoms with Gasteiger partial charge in [-0.2, -0.15) is 5.10 Å². The number of aromatic nitrogens is 4. The summed E-state index contributed by atoms with van der Waals surface area (Å²) in [6.07, 6.45) is 2.77. The monoisotopic (exact) mass is 326 g/mol. The third-order valence-electron chi connectivity index (χ3n) is 3.21. The Morgan fingerprint density at radius 1 is 1.37 bits per heavy atom. The summed E-state index contributed by atoms with van der Waals surface area (Å²) in [6, 6.07) is 0. The van der Waals surface area contributed by atoms with Gasteiger partial charge in [0.1, 0.15) is 11.3 Å². The van der Waals surface area contributed by atoms with Crippen molar-refractivity contribution in [3.63, 3.8) is 0 Å². The highest BCUT2D eigenvalue weighted by molar-refractivity contribution is 9.09. The molecule has 0 aliphatic rings. The molecule has 6 heteroatoms. The standard InChI is InChI=1S/C13H19BrN4O/c1-4-6-10-11-12(17(3)16-10)13(19)18(8-5-7-14)9(2)15-11/h4-8H2,1-3H3. The van der Waals surface area contributed by atoms with Crippen molar-refractivity contribution in [2.45, 2.75) is 39.7 Å². The predicted octanol–water partition coefficient (Wildman–Crippen LogP) is 2.18. The van der Waals surface area contributed by atoms with E-state index in [9.17, 15) is 4.79 Å². The maximum atomic E-state index is 12.5. The second-order valence-electron chi connectivity index (χ2n) is 4.68. The Morgan fingerprint density at radius 3 is 2.74 bits per heavy atom. The van der Waals surface area contributed by atoms with Crippen LogP contribution in [0.3, 0.4) is 0 Å². The van der Waals surface area contributed by atoms with Crippen molar-refractivity contribution in [1.29, 1.82) is 0 Å². The molecule has 0 saturated heterocycles. The minimum absolute atomic E-state index is 0.0146. The van der Waals surface area contributed by atoms with Crippen LogP contribution in [0.25, 0.3) is 11.0 Å². The zero-order chi connectivity index (χ0) is 14.0. The number of aryl methyl sites for hydroxylation is 3. The normalized spacial score (nSPS) is 11.4. The molecule has 0 aliphatic heterocycles. The zero-order valence-electron chi connectivity index (χ0n) is 11.6. The van der Waals surface area contributed by atoms with Crippen LogP contribution < -0.4 is 5.56 Å². The van der Waals surface area contributed by atoms with Gasteiger partial charge in [-0.3, -0.25) is 14.0 Å². The predicted molar refractivity (Wildman–Crippen MR) is 79.9 cm³/mol. The molecule has 2 rings (SSSR count). The molecule has 2 aromatic heterocycles. The molecule has 0 radical (unpaired) electrons. The number of hydrogen-bond donors (Lipinski definition) is 0. The van der Waals surface area contributed by atoms with Crippen molar-refractivity contribution in [3.8, 4) is 0 Å². The molecule has 104 valence electrons. The second-order valence-corrected chi connectivity index (χ2v) is 5.47. The van der Waals surface area contributed by atoms with Crippen LogP contribution in [-0.4, -0.2) is 24.7 Å². The molecule has 0 fully saturated rings. The van der Waals surface area contributed by atoms with Crippen molar-refractivity contribution in [2.24, 2.45) is 7.05 Å². The Bertz CT molecular complexity index is 644. The van der Waals surface area contributed by atoms with Gasteiger partial charge in [0.25, 0.3) is 5.56 Å². The van der Waals surface area contributed by atoms with Crippen molar-refractivity contribution in [1.82, 2.24) is 19.3 Å². The van der Waals surface area contributed by atoms with Crippen molar-refractivity contribution < 1.29 is 0 Å². The van der Waals surface area contributed by atoms with Crippen molar-refractivity contribution >= 4 is 27.0 Å². The van der Waals surface area contributed by atoms with Crippen LogP contribution in [0.2, 0.25) is 0 Å². The summed E-state index contributed by atoms with van der Waals surface area (Å²) in [5, 5.41) is 5.31. The van der Waals surface area contributed by atoms with E-state index in [-0.39, 0.29) is 5.56 Å². The van der Waals surface area contributed by atoms with Gasteiger partial charge in [0.2, 0.25) is 0 Å². The van der Waals surface area contributed by atoms with Gasteiger partial charge in [-0.1, -0.05) is 29.3 Å². The Hall–Kier alpha value is -1.17. The fourth-order valence-corrected chi connectivity index (χ4v) is 2.56. The topological polar surface area (TPSA) is 52.7 Å². The molecular weight excluding hydrogens is 308 g/mol. The van der Waals surface area contributed by atoms with Crippen molar-refractivity contribution in [3.05, 3.63) is 21.9 Å².